The van der Waals surface area contributed by atoms with Crippen molar-refractivity contribution in [2.24, 2.45) is 5.92 Å². The van der Waals surface area contributed by atoms with Crippen LogP contribution in [-0.4, -0.2) is 34.5 Å². The van der Waals surface area contributed by atoms with Crippen LogP contribution in [-0.2, 0) is 9.59 Å². The van der Waals surface area contributed by atoms with Gasteiger partial charge in [-0.15, -0.1) is 11.3 Å². The fourth-order valence-electron chi connectivity index (χ4n) is 2.57. The molecule has 0 saturated carbocycles. The van der Waals surface area contributed by atoms with Crippen LogP contribution in [0.1, 0.15) is 31.1 Å². The van der Waals surface area contributed by atoms with Gasteiger partial charge >= 0.3 is 5.97 Å². The minimum atomic E-state index is -0.909. The molecule has 0 bridgehead atoms. The number of halogens is 1. The van der Waals surface area contributed by atoms with Gasteiger partial charge < -0.3 is 10.0 Å². The third kappa shape index (κ3) is 4.17. The van der Waals surface area contributed by atoms with E-state index < -0.39 is 12.0 Å². The molecule has 2 rings (SSSR count). The Bertz CT molecular complexity index is 555. The first-order valence-corrected chi connectivity index (χ1v) is 8.59. The number of carbonyl (C=O) groups is 2. The molecule has 0 aliphatic carbocycles. The predicted octanol–water partition coefficient (Wildman–Crippen LogP) is 3.63. The lowest BCUT2D eigenvalue weighted by Crippen LogP contribution is -2.49. The van der Waals surface area contributed by atoms with Gasteiger partial charge in [0.25, 0.3) is 0 Å². The third-order valence-electron chi connectivity index (χ3n) is 3.84. The molecule has 1 aliphatic heterocycles. The zero-order valence-electron chi connectivity index (χ0n) is 11.8. The Kier molecular flexibility index (Phi) is 5.58. The molecule has 1 saturated heterocycles. The summed E-state index contributed by atoms with van der Waals surface area (Å²) < 4.78 is 1.00. The number of amides is 1. The number of carboxylic acid groups (broad SMARTS) is 1. The number of nitrogens with zero attached hydrogens (tertiary/aromatic N) is 1. The van der Waals surface area contributed by atoms with Gasteiger partial charge in [-0.2, -0.15) is 0 Å². The standard InChI is InChI=1S/C15H18BrNO3S/c1-2-10-7-8-17(12(9-10)15(19)20)14(18)6-4-11-3-5-13(16)21-11/h3-6,10,12H,2,7-9H2,1H3,(H,19,20)/b6-4+. The summed E-state index contributed by atoms with van der Waals surface area (Å²) in [5, 5.41) is 9.34. The molecule has 114 valence electrons. The van der Waals surface area contributed by atoms with Crippen molar-refractivity contribution in [2.45, 2.75) is 32.2 Å². The van der Waals surface area contributed by atoms with Crippen molar-refractivity contribution in [1.29, 1.82) is 0 Å². The summed E-state index contributed by atoms with van der Waals surface area (Å²) in [4.78, 5) is 26.1. The number of carbonyl (C=O) groups excluding carboxylic acids is 1. The Hall–Kier alpha value is -1.14. The largest absolute Gasteiger partial charge is 0.480 e. The van der Waals surface area contributed by atoms with Gasteiger partial charge in [0.05, 0.1) is 3.79 Å². The maximum Gasteiger partial charge on any atom is 0.326 e. The minimum absolute atomic E-state index is 0.221. The molecule has 1 fully saturated rings. The highest BCUT2D eigenvalue weighted by Gasteiger charge is 2.34. The zero-order chi connectivity index (χ0) is 15.4. The normalized spacial score (nSPS) is 22.7. The summed E-state index contributed by atoms with van der Waals surface area (Å²) in [7, 11) is 0. The summed E-state index contributed by atoms with van der Waals surface area (Å²) in [6.45, 7) is 2.59. The van der Waals surface area contributed by atoms with Crippen LogP contribution in [0.4, 0.5) is 0 Å². The molecule has 2 heterocycles. The van der Waals surface area contributed by atoms with E-state index in [0.29, 0.717) is 18.9 Å². The first-order valence-electron chi connectivity index (χ1n) is 6.98. The smallest absolute Gasteiger partial charge is 0.326 e. The van der Waals surface area contributed by atoms with Crippen molar-refractivity contribution < 1.29 is 14.7 Å². The molecule has 0 spiro atoms. The van der Waals surface area contributed by atoms with E-state index in [-0.39, 0.29) is 5.91 Å². The molecule has 4 nitrogen and oxygen atoms in total. The fourth-order valence-corrected chi connectivity index (χ4v) is 3.90. The van der Waals surface area contributed by atoms with E-state index in [1.54, 1.807) is 6.08 Å². The average molecular weight is 372 g/mol. The first-order chi connectivity index (χ1) is 10.0. The molecule has 1 N–H and O–H groups in total. The van der Waals surface area contributed by atoms with E-state index in [0.717, 1.165) is 21.5 Å². The summed E-state index contributed by atoms with van der Waals surface area (Å²) in [5.41, 5.74) is 0. The number of hydrogen-bond donors (Lipinski definition) is 1. The zero-order valence-corrected chi connectivity index (χ0v) is 14.2. The first kappa shape index (κ1) is 16.2. The van der Waals surface area contributed by atoms with Crippen LogP contribution in [0.25, 0.3) is 6.08 Å². The summed E-state index contributed by atoms with van der Waals surface area (Å²) in [6, 6.07) is 3.13. The summed E-state index contributed by atoms with van der Waals surface area (Å²) in [5.74, 6) is -0.734. The van der Waals surface area contributed by atoms with Gasteiger partial charge in [0.15, 0.2) is 0 Å². The Labute approximate surface area is 136 Å². The summed E-state index contributed by atoms with van der Waals surface area (Å²) in [6.07, 6.45) is 5.61. The van der Waals surface area contributed by atoms with Gasteiger partial charge in [0, 0.05) is 17.5 Å². The lowest BCUT2D eigenvalue weighted by atomic mass is 9.89. The number of piperidine rings is 1. The SMILES string of the molecule is CCC1CCN(C(=O)/C=C/c2ccc(Br)s2)C(C(=O)O)C1. The molecule has 1 aliphatic rings. The molecular formula is C15H18BrNO3S. The Morgan fingerprint density at radius 2 is 2.29 bits per heavy atom. The maximum absolute atomic E-state index is 12.3. The van der Waals surface area contributed by atoms with Crippen molar-refractivity contribution in [1.82, 2.24) is 4.90 Å². The number of aliphatic carboxylic acids is 1. The molecule has 1 aromatic heterocycles. The highest BCUT2D eigenvalue weighted by Crippen LogP contribution is 2.26. The van der Waals surface area contributed by atoms with Crippen molar-refractivity contribution >= 4 is 45.2 Å². The van der Waals surface area contributed by atoms with E-state index >= 15 is 0 Å². The van der Waals surface area contributed by atoms with E-state index in [9.17, 15) is 14.7 Å². The lowest BCUT2D eigenvalue weighted by molar-refractivity contribution is -0.151. The van der Waals surface area contributed by atoms with Gasteiger partial charge in [0.1, 0.15) is 6.04 Å². The quantitative estimate of drug-likeness (QED) is 0.822. The third-order valence-corrected chi connectivity index (χ3v) is 5.43. The number of thiophene rings is 1. The monoisotopic (exact) mass is 371 g/mol. The highest BCUT2D eigenvalue weighted by atomic mass is 79.9. The van der Waals surface area contributed by atoms with E-state index in [1.165, 1.54) is 22.3 Å². The Balaban J connectivity index is 2.06. The molecule has 6 heteroatoms. The van der Waals surface area contributed by atoms with Gasteiger partial charge in [0.2, 0.25) is 5.91 Å². The Morgan fingerprint density at radius 3 is 2.86 bits per heavy atom. The fraction of sp³-hybridized carbons (Fsp3) is 0.467. The number of rotatable bonds is 4. The van der Waals surface area contributed by atoms with Crippen molar-refractivity contribution in [3.05, 3.63) is 26.9 Å². The van der Waals surface area contributed by atoms with E-state index in [1.807, 2.05) is 12.1 Å². The second-order valence-electron chi connectivity index (χ2n) is 5.16. The lowest BCUT2D eigenvalue weighted by Gasteiger charge is -2.36. The van der Waals surface area contributed by atoms with E-state index in [4.69, 9.17) is 0 Å². The van der Waals surface area contributed by atoms with Crippen molar-refractivity contribution in [3.8, 4) is 0 Å². The van der Waals surface area contributed by atoms with Crippen LogP contribution in [0.15, 0.2) is 22.0 Å². The molecule has 0 radical (unpaired) electrons. The number of carboxylic acids is 1. The maximum atomic E-state index is 12.3. The molecule has 1 amide bonds. The van der Waals surface area contributed by atoms with Crippen LogP contribution in [0, 0.1) is 5.92 Å². The van der Waals surface area contributed by atoms with E-state index in [2.05, 4.69) is 22.9 Å². The van der Waals surface area contributed by atoms with Crippen molar-refractivity contribution in [3.63, 3.8) is 0 Å². The van der Waals surface area contributed by atoms with Crippen LogP contribution in [0.2, 0.25) is 0 Å². The van der Waals surface area contributed by atoms with Crippen LogP contribution in [0.3, 0.4) is 0 Å². The predicted molar refractivity (Wildman–Crippen MR) is 87.2 cm³/mol. The number of likely N-dealkylation sites (tertiary alicyclic amines) is 1. The average Bonchev–Trinajstić information content (AvgIpc) is 2.89. The highest BCUT2D eigenvalue weighted by molar-refractivity contribution is 9.11. The van der Waals surface area contributed by atoms with Gasteiger partial charge in [-0.1, -0.05) is 13.3 Å². The van der Waals surface area contributed by atoms with Crippen LogP contribution < -0.4 is 0 Å². The molecule has 1 aromatic rings. The molecule has 0 aromatic carbocycles. The number of hydrogen-bond acceptors (Lipinski definition) is 3. The topological polar surface area (TPSA) is 57.6 Å². The molecule has 2 atom stereocenters. The van der Waals surface area contributed by atoms with Crippen LogP contribution in [0.5, 0.6) is 0 Å². The van der Waals surface area contributed by atoms with Crippen LogP contribution >= 0.6 is 27.3 Å². The van der Waals surface area contributed by atoms with Crippen molar-refractivity contribution in [2.75, 3.05) is 6.54 Å². The molecular weight excluding hydrogens is 354 g/mol. The van der Waals surface area contributed by atoms with Gasteiger partial charge in [-0.3, -0.25) is 4.79 Å². The molecule has 2 unspecified atom stereocenters. The second kappa shape index (κ2) is 7.22. The summed E-state index contributed by atoms with van der Waals surface area (Å²) >= 11 is 4.90. The Morgan fingerprint density at radius 1 is 1.52 bits per heavy atom. The molecule has 21 heavy (non-hydrogen) atoms. The second-order valence-corrected chi connectivity index (χ2v) is 7.65. The van der Waals surface area contributed by atoms with Gasteiger partial charge in [-0.25, -0.2) is 4.79 Å². The van der Waals surface area contributed by atoms with Gasteiger partial charge in [-0.05, 0) is 52.9 Å². The minimum Gasteiger partial charge on any atom is -0.480 e.